The molecule has 4 nitrogen and oxygen atoms in total. The molecular weight excluding hydrogens is 877 g/mol. The molecule has 11 aromatic carbocycles. The van der Waals surface area contributed by atoms with Crippen molar-refractivity contribution in [2.45, 2.75) is 0 Å². The van der Waals surface area contributed by atoms with Crippen LogP contribution in [0, 0.1) is 0 Å². The van der Waals surface area contributed by atoms with Crippen LogP contribution in [0.5, 0.6) is 0 Å². The number of aromatic nitrogens is 4. The molecule has 15 rings (SSSR count). The Kier molecular flexibility index (Phi) is 8.37. The van der Waals surface area contributed by atoms with E-state index in [1.165, 1.54) is 83.9 Å². The van der Waals surface area contributed by atoms with E-state index in [9.17, 15) is 0 Å². The second kappa shape index (κ2) is 15.0. The Bertz CT molecular complexity index is 4620. The van der Waals surface area contributed by atoms with Gasteiger partial charge in [0.15, 0.2) is 17.5 Å². The lowest BCUT2D eigenvalue weighted by atomic mass is 9.91. The summed E-state index contributed by atoms with van der Waals surface area (Å²) in [5, 5.41) is 14.6. The predicted molar refractivity (Wildman–Crippen MR) is 294 cm³/mol. The number of hydrogen-bond acceptors (Lipinski definition) is 5. The van der Waals surface area contributed by atoms with Gasteiger partial charge in [-0.15, -0.1) is 22.7 Å². The minimum atomic E-state index is 0.640. The van der Waals surface area contributed by atoms with Crippen molar-refractivity contribution in [3.05, 3.63) is 218 Å². The van der Waals surface area contributed by atoms with Crippen LogP contribution in [0.3, 0.4) is 0 Å². The summed E-state index contributed by atoms with van der Waals surface area (Å²) in [5.41, 5.74) is 8.72. The second-order valence-electron chi connectivity index (χ2n) is 17.9. The minimum Gasteiger partial charge on any atom is -0.309 e. The highest BCUT2D eigenvalue weighted by atomic mass is 32.1. The van der Waals surface area contributed by atoms with Crippen molar-refractivity contribution in [3.63, 3.8) is 0 Å². The normalized spacial score (nSPS) is 12.1. The highest BCUT2D eigenvalue weighted by molar-refractivity contribution is 7.26. The molecule has 0 aliphatic heterocycles. The number of nitrogens with zero attached hydrogens (tertiary/aromatic N) is 4. The number of para-hydroxylation sites is 1. The molecule has 15 aromatic rings. The Balaban J connectivity index is 0.953. The van der Waals surface area contributed by atoms with Crippen LogP contribution >= 0.6 is 22.7 Å². The van der Waals surface area contributed by atoms with E-state index in [1.54, 1.807) is 11.3 Å². The summed E-state index contributed by atoms with van der Waals surface area (Å²) < 4.78 is 7.55. The Morgan fingerprint density at radius 3 is 1.62 bits per heavy atom. The summed E-state index contributed by atoms with van der Waals surface area (Å²) in [4.78, 5) is 15.9. The summed E-state index contributed by atoms with van der Waals surface area (Å²) >= 11 is 3.66. The molecule has 0 atom stereocenters. The topological polar surface area (TPSA) is 43.6 Å². The zero-order chi connectivity index (χ0) is 45.2. The van der Waals surface area contributed by atoms with Gasteiger partial charge in [-0.05, 0) is 98.7 Å². The van der Waals surface area contributed by atoms with E-state index in [-0.39, 0.29) is 0 Å². The van der Waals surface area contributed by atoms with Gasteiger partial charge in [-0.1, -0.05) is 158 Å². The van der Waals surface area contributed by atoms with Crippen LogP contribution < -0.4 is 0 Å². The molecule has 4 heterocycles. The molecule has 4 aromatic heterocycles. The molecule has 0 aliphatic rings. The SMILES string of the molecule is c1ccc(-c2nc(-c3ccc4c(c3)sc3ccccc34)nc(-c3cccc4c5ccccc5c5ccc(-n6c7ccccc7c7cc(-c8ccc9sc%10ccccc%10c9c8)ccc76)cc5c34)n2)cc1. The minimum absolute atomic E-state index is 0.640. The lowest BCUT2D eigenvalue weighted by molar-refractivity contribution is 1.08. The Hall–Kier alpha value is -8.55. The van der Waals surface area contributed by atoms with E-state index < -0.39 is 0 Å². The number of rotatable bonds is 5. The van der Waals surface area contributed by atoms with Gasteiger partial charge in [0.25, 0.3) is 0 Å². The third-order valence-electron chi connectivity index (χ3n) is 14.0. The molecule has 0 aliphatic carbocycles. The third-order valence-corrected chi connectivity index (χ3v) is 16.3. The molecule has 0 saturated carbocycles. The first-order valence-corrected chi connectivity index (χ1v) is 24.9. The number of hydrogen-bond donors (Lipinski definition) is 0. The molecule has 320 valence electrons. The highest BCUT2D eigenvalue weighted by Gasteiger charge is 2.21. The van der Waals surface area contributed by atoms with Crippen molar-refractivity contribution in [1.82, 2.24) is 19.5 Å². The lowest BCUT2D eigenvalue weighted by Crippen LogP contribution is -2.01. The molecule has 0 fully saturated rings. The number of benzene rings is 11. The van der Waals surface area contributed by atoms with Crippen LogP contribution in [0.15, 0.2) is 218 Å². The third kappa shape index (κ3) is 5.96. The summed E-state index contributed by atoms with van der Waals surface area (Å²) in [7, 11) is 0. The van der Waals surface area contributed by atoms with Gasteiger partial charge in [0, 0.05) is 78.9 Å². The van der Waals surface area contributed by atoms with Gasteiger partial charge < -0.3 is 4.57 Å². The van der Waals surface area contributed by atoms with Gasteiger partial charge in [-0.2, -0.15) is 0 Å². The standard InChI is InChI=1S/C63H36N4S2/c1-2-13-37(14-3-1)61-64-62(40-25-29-48-46-18-7-10-23-56(46)69-59(48)35-40)66-63(65-61)50-21-12-20-49-43-16-5-4-15-42(43)44-30-28-41(36-53(44)60(49)50)67-54-22-9-6-17-45(54)51-33-38(26-31-55(51)67)39-27-32-58-52(34-39)47-19-8-11-24-57(47)68-58/h1-36H. The van der Waals surface area contributed by atoms with Crippen molar-refractivity contribution in [1.29, 1.82) is 0 Å². The molecule has 69 heavy (non-hydrogen) atoms. The first-order chi connectivity index (χ1) is 34.2. The molecule has 0 N–H and O–H groups in total. The van der Waals surface area contributed by atoms with E-state index in [1.807, 2.05) is 29.5 Å². The average molecular weight is 913 g/mol. The summed E-state index contributed by atoms with van der Waals surface area (Å²) in [6.07, 6.45) is 0. The van der Waals surface area contributed by atoms with Crippen molar-refractivity contribution >= 4 is 117 Å². The van der Waals surface area contributed by atoms with Crippen molar-refractivity contribution in [2.75, 3.05) is 0 Å². The van der Waals surface area contributed by atoms with Crippen LogP contribution in [-0.2, 0) is 0 Å². The maximum Gasteiger partial charge on any atom is 0.164 e. The zero-order valence-corrected chi connectivity index (χ0v) is 38.5. The molecular formula is C63H36N4S2. The molecule has 6 heteroatoms. The first kappa shape index (κ1) is 38.5. The second-order valence-corrected chi connectivity index (χ2v) is 20.0. The highest BCUT2D eigenvalue weighted by Crippen LogP contribution is 2.44. The maximum atomic E-state index is 5.39. The van der Waals surface area contributed by atoms with Gasteiger partial charge >= 0.3 is 0 Å². The summed E-state index contributed by atoms with van der Waals surface area (Å²) in [5.74, 6) is 1.93. The van der Waals surface area contributed by atoms with E-state index in [0.717, 1.165) is 44.1 Å². The average Bonchev–Trinajstić information content (AvgIpc) is 4.09. The molecule has 0 bridgehead atoms. The molecule has 0 unspecified atom stereocenters. The van der Waals surface area contributed by atoms with Crippen LogP contribution in [0.25, 0.3) is 145 Å². The summed E-state index contributed by atoms with van der Waals surface area (Å²) in [6, 6.07) is 79.3. The molecule has 0 radical (unpaired) electrons. The van der Waals surface area contributed by atoms with Gasteiger partial charge in [0.05, 0.1) is 11.0 Å². The fourth-order valence-corrected chi connectivity index (χ4v) is 13.1. The van der Waals surface area contributed by atoms with Crippen LogP contribution in [0.2, 0.25) is 0 Å². The van der Waals surface area contributed by atoms with Crippen molar-refractivity contribution < 1.29 is 0 Å². The smallest absolute Gasteiger partial charge is 0.164 e. The zero-order valence-electron chi connectivity index (χ0n) is 36.9. The van der Waals surface area contributed by atoms with E-state index in [4.69, 9.17) is 15.0 Å². The van der Waals surface area contributed by atoms with E-state index >= 15 is 0 Å². The van der Waals surface area contributed by atoms with Gasteiger partial charge in [-0.25, -0.2) is 15.0 Å². The largest absolute Gasteiger partial charge is 0.309 e. The Labute approximate surface area is 403 Å². The Morgan fingerprint density at radius 2 is 0.812 bits per heavy atom. The monoisotopic (exact) mass is 912 g/mol. The van der Waals surface area contributed by atoms with Crippen molar-refractivity contribution in [3.8, 4) is 51.0 Å². The van der Waals surface area contributed by atoms with Crippen LogP contribution in [-0.4, -0.2) is 19.5 Å². The number of thiophene rings is 2. The maximum absolute atomic E-state index is 5.39. The van der Waals surface area contributed by atoms with Crippen LogP contribution in [0.4, 0.5) is 0 Å². The lowest BCUT2D eigenvalue weighted by Gasteiger charge is -2.16. The van der Waals surface area contributed by atoms with Gasteiger partial charge in [0.2, 0.25) is 0 Å². The van der Waals surface area contributed by atoms with Crippen LogP contribution in [0.1, 0.15) is 0 Å². The fourth-order valence-electron chi connectivity index (χ4n) is 10.9. The molecule has 0 amide bonds. The van der Waals surface area contributed by atoms with E-state index in [0.29, 0.717) is 17.5 Å². The molecule has 0 spiro atoms. The van der Waals surface area contributed by atoms with Gasteiger partial charge in [0.1, 0.15) is 0 Å². The summed E-state index contributed by atoms with van der Waals surface area (Å²) in [6.45, 7) is 0. The van der Waals surface area contributed by atoms with Crippen molar-refractivity contribution in [2.24, 2.45) is 0 Å². The number of fused-ring (bicyclic) bond motifs is 15. The molecule has 0 saturated heterocycles. The first-order valence-electron chi connectivity index (χ1n) is 23.2. The predicted octanol–water partition coefficient (Wildman–Crippen LogP) is 17.8. The Morgan fingerprint density at radius 1 is 0.275 bits per heavy atom. The van der Waals surface area contributed by atoms with Gasteiger partial charge in [-0.3, -0.25) is 0 Å². The fraction of sp³-hybridized carbons (Fsp3) is 0. The quantitative estimate of drug-likeness (QED) is 0.162. The van der Waals surface area contributed by atoms with E-state index in [2.05, 4.69) is 205 Å².